The molecule has 3 aromatic heterocycles. The van der Waals surface area contributed by atoms with Gasteiger partial charge in [0.1, 0.15) is 0 Å². The number of piperazine rings is 1. The summed E-state index contributed by atoms with van der Waals surface area (Å²) in [6, 6.07) is 7.58. The van der Waals surface area contributed by atoms with Crippen LogP contribution in [-0.4, -0.2) is 51.9 Å². The number of furan rings is 1. The summed E-state index contributed by atoms with van der Waals surface area (Å²) < 4.78 is 5.40. The molecule has 0 unspecified atom stereocenters. The van der Waals surface area contributed by atoms with Gasteiger partial charge in [-0.3, -0.25) is 14.7 Å². The molecule has 0 N–H and O–H groups in total. The molecular weight excluding hydrogens is 360 g/mol. The molecule has 0 aromatic carbocycles. The Balaban J connectivity index is 1.28. The van der Waals surface area contributed by atoms with Crippen molar-refractivity contribution in [3.8, 4) is 10.8 Å². The van der Waals surface area contributed by atoms with E-state index >= 15 is 0 Å². The number of pyridine rings is 1. The topological polar surface area (TPSA) is 62.5 Å². The fourth-order valence-electron chi connectivity index (χ4n) is 3.00. The fraction of sp³-hybridized carbons (Fsp3) is 0.250. The van der Waals surface area contributed by atoms with Gasteiger partial charge in [0.2, 0.25) is 5.91 Å². The summed E-state index contributed by atoms with van der Waals surface area (Å²) in [7, 11) is 0. The number of nitrogens with zero attached hydrogens (tertiary/aromatic N) is 4. The van der Waals surface area contributed by atoms with Crippen molar-refractivity contribution >= 4 is 23.3 Å². The molecule has 0 atom stereocenters. The molecule has 4 heterocycles. The van der Waals surface area contributed by atoms with Crippen molar-refractivity contribution in [3.63, 3.8) is 0 Å². The van der Waals surface area contributed by atoms with Crippen molar-refractivity contribution in [2.24, 2.45) is 0 Å². The number of amides is 1. The van der Waals surface area contributed by atoms with E-state index in [9.17, 15) is 4.79 Å². The molecule has 3 aromatic rings. The SMILES string of the molecule is O=C(/C=C/c1cccnc1)N1CCN(Cc2csc(-c3ccco3)n2)CC1. The molecule has 0 radical (unpaired) electrons. The van der Waals surface area contributed by atoms with Gasteiger partial charge in [-0.05, 0) is 29.8 Å². The molecule has 0 aliphatic carbocycles. The Hall–Kier alpha value is -2.77. The lowest BCUT2D eigenvalue weighted by Crippen LogP contribution is -2.47. The van der Waals surface area contributed by atoms with Crippen LogP contribution in [0.25, 0.3) is 16.8 Å². The van der Waals surface area contributed by atoms with Gasteiger partial charge in [0.15, 0.2) is 10.8 Å². The number of thiazole rings is 1. The van der Waals surface area contributed by atoms with Crippen LogP contribution in [0.1, 0.15) is 11.3 Å². The van der Waals surface area contributed by atoms with Crippen LogP contribution in [0.3, 0.4) is 0 Å². The van der Waals surface area contributed by atoms with Crippen molar-refractivity contribution in [2.75, 3.05) is 26.2 Å². The third kappa shape index (κ3) is 4.50. The molecule has 7 heteroatoms. The van der Waals surface area contributed by atoms with E-state index in [2.05, 4.69) is 20.2 Å². The number of aromatic nitrogens is 2. The molecule has 4 rings (SSSR count). The Bertz CT molecular complexity index is 897. The summed E-state index contributed by atoms with van der Waals surface area (Å²) in [5, 5.41) is 2.98. The first-order valence-electron chi connectivity index (χ1n) is 8.85. The Morgan fingerprint density at radius 3 is 2.85 bits per heavy atom. The van der Waals surface area contributed by atoms with Crippen LogP contribution >= 0.6 is 11.3 Å². The van der Waals surface area contributed by atoms with Gasteiger partial charge < -0.3 is 9.32 Å². The van der Waals surface area contributed by atoms with E-state index in [1.807, 2.05) is 35.2 Å². The molecule has 6 nitrogen and oxygen atoms in total. The summed E-state index contributed by atoms with van der Waals surface area (Å²) in [5.74, 6) is 0.856. The second-order valence-corrected chi connectivity index (χ2v) is 7.20. The maximum absolute atomic E-state index is 12.4. The maximum atomic E-state index is 12.4. The lowest BCUT2D eigenvalue weighted by atomic mass is 10.2. The molecule has 0 bridgehead atoms. The standard InChI is InChI=1S/C20H20N4O2S/c25-19(6-5-16-3-1-7-21-13-16)24-10-8-23(9-11-24)14-17-15-27-20(22-17)18-4-2-12-26-18/h1-7,12-13,15H,8-11,14H2/b6-5+. The highest BCUT2D eigenvalue weighted by Gasteiger charge is 2.20. The molecule has 1 amide bonds. The van der Waals surface area contributed by atoms with Gasteiger partial charge in [0.25, 0.3) is 0 Å². The van der Waals surface area contributed by atoms with E-state index in [4.69, 9.17) is 4.42 Å². The van der Waals surface area contributed by atoms with E-state index in [-0.39, 0.29) is 5.91 Å². The van der Waals surface area contributed by atoms with Gasteiger partial charge in [-0.1, -0.05) is 6.07 Å². The largest absolute Gasteiger partial charge is 0.462 e. The lowest BCUT2D eigenvalue weighted by Gasteiger charge is -2.33. The second-order valence-electron chi connectivity index (χ2n) is 6.34. The van der Waals surface area contributed by atoms with Crippen LogP contribution in [-0.2, 0) is 11.3 Å². The normalized spacial score (nSPS) is 15.5. The van der Waals surface area contributed by atoms with Crippen molar-refractivity contribution in [2.45, 2.75) is 6.54 Å². The summed E-state index contributed by atoms with van der Waals surface area (Å²) in [5.41, 5.74) is 1.98. The van der Waals surface area contributed by atoms with Gasteiger partial charge in [-0.2, -0.15) is 0 Å². The lowest BCUT2D eigenvalue weighted by molar-refractivity contribution is -0.127. The van der Waals surface area contributed by atoms with Crippen LogP contribution in [0.15, 0.2) is 58.8 Å². The fourth-order valence-corrected chi connectivity index (χ4v) is 3.77. The Kier molecular flexibility index (Phi) is 5.41. The molecule has 0 saturated carbocycles. The molecule has 0 spiro atoms. The monoisotopic (exact) mass is 380 g/mol. The Morgan fingerprint density at radius 1 is 1.22 bits per heavy atom. The van der Waals surface area contributed by atoms with E-state index < -0.39 is 0 Å². The van der Waals surface area contributed by atoms with Crippen LogP contribution in [0.2, 0.25) is 0 Å². The smallest absolute Gasteiger partial charge is 0.246 e. The molecular formula is C20H20N4O2S. The van der Waals surface area contributed by atoms with Gasteiger partial charge in [-0.25, -0.2) is 4.98 Å². The van der Waals surface area contributed by atoms with Crippen molar-refractivity contribution < 1.29 is 9.21 Å². The van der Waals surface area contributed by atoms with Crippen molar-refractivity contribution in [1.82, 2.24) is 19.8 Å². The van der Waals surface area contributed by atoms with Gasteiger partial charge in [-0.15, -0.1) is 11.3 Å². The first-order chi connectivity index (χ1) is 13.3. The van der Waals surface area contributed by atoms with Crippen molar-refractivity contribution in [1.29, 1.82) is 0 Å². The summed E-state index contributed by atoms with van der Waals surface area (Å²) in [6.07, 6.45) is 8.57. The van der Waals surface area contributed by atoms with Crippen LogP contribution in [0, 0.1) is 0 Å². The number of hydrogen-bond donors (Lipinski definition) is 0. The first kappa shape index (κ1) is 17.6. The maximum Gasteiger partial charge on any atom is 0.246 e. The number of carbonyl (C=O) groups is 1. The third-order valence-electron chi connectivity index (χ3n) is 4.46. The predicted octanol–water partition coefficient (Wildman–Crippen LogP) is 3.16. The van der Waals surface area contributed by atoms with Gasteiger partial charge in [0.05, 0.1) is 12.0 Å². The van der Waals surface area contributed by atoms with Gasteiger partial charge in [0, 0.05) is 56.6 Å². The third-order valence-corrected chi connectivity index (χ3v) is 5.36. The number of hydrogen-bond acceptors (Lipinski definition) is 6. The summed E-state index contributed by atoms with van der Waals surface area (Å²) in [6.45, 7) is 3.95. The minimum absolute atomic E-state index is 0.0484. The minimum Gasteiger partial charge on any atom is -0.462 e. The quantitative estimate of drug-likeness (QED) is 0.636. The first-order valence-corrected chi connectivity index (χ1v) is 9.73. The number of rotatable bonds is 5. The van der Waals surface area contributed by atoms with E-state index in [0.717, 1.165) is 54.7 Å². The highest BCUT2D eigenvalue weighted by molar-refractivity contribution is 7.13. The zero-order valence-corrected chi connectivity index (χ0v) is 15.6. The van der Waals surface area contributed by atoms with Crippen LogP contribution in [0.5, 0.6) is 0 Å². The minimum atomic E-state index is 0.0484. The predicted molar refractivity (Wildman–Crippen MR) is 105 cm³/mol. The average molecular weight is 380 g/mol. The summed E-state index contributed by atoms with van der Waals surface area (Å²) >= 11 is 1.60. The Labute approximate surface area is 161 Å². The zero-order valence-electron chi connectivity index (χ0n) is 14.8. The molecule has 1 aliphatic rings. The highest BCUT2D eigenvalue weighted by Crippen LogP contribution is 2.24. The second kappa shape index (κ2) is 8.28. The molecule has 138 valence electrons. The van der Waals surface area contributed by atoms with Gasteiger partial charge >= 0.3 is 0 Å². The van der Waals surface area contributed by atoms with Crippen LogP contribution in [0.4, 0.5) is 0 Å². The molecule has 1 aliphatic heterocycles. The number of carbonyl (C=O) groups excluding carboxylic acids is 1. The average Bonchev–Trinajstić information content (AvgIpc) is 3.39. The van der Waals surface area contributed by atoms with Crippen molar-refractivity contribution in [3.05, 3.63) is 65.6 Å². The van der Waals surface area contributed by atoms with Crippen LogP contribution < -0.4 is 0 Å². The molecule has 27 heavy (non-hydrogen) atoms. The van der Waals surface area contributed by atoms with E-state index in [1.54, 1.807) is 36.1 Å². The summed E-state index contributed by atoms with van der Waals surface area (Å²) in [4.78, 5) is 25.3. The Morgan fingerprint density at radius 2 is 2.11 bits per heavy atom. The van der Waals surface area contributed by atoms with E-state index in [0.29, 0.717) is 0 Å². The molecule has 1 saturated heterocycles. The molecule has 1 fully saturated rings. The van der Waals surface area contributed by atoms with E-state index in [1.165, 1.54) is 0 Å². The zero-order chi connectivity index (χ0) is 18.5. The highest BCUT2D eigenvalue weighted by atomic mass is 32.1.